The predicted octanol–water partition coefficient (Wildman–Crippen LogP) is 5.09. The molecular formula is C21H12Br2. The zero-order valence-corrected chi connectivity index (χ0v) is 15.4. The fourth-order valence-corrected chi connectivity index (χ4v) is 4.55. The minimum absolute atomic E-state index is 0.171. The van der Waals surface area contributed by atoms with Crippen LogP contribution < -0.4 is 10.4 Å². The van der Waals surface area contributed by atoms with E-state index < -0.39 is 0 Å². The van der Waals surface area contributed by atoms with Gasteiger partial charge in [-0.1, -0.05) is 86.5 Å². The second kappa shape index (κ2) is 4.93. The fraction of sp³-hybridized carbons (Fsp3) is 0.0476. The lowest BCUT2D eigenvalue weighted by molar-refractivity contribution is 1.41. The van der Waals surface area contributed by atoms with Gasteiger partial charge in [-0.15, -0.1) is 0 Å². The first-order valence-corrected chi connectivity index (χ1v) is 9.44. The summed E-state index contributed by atoms with van der Waals surface area (Å²) >= 11 is 7.31. The van der Waals surface area contributed by atoms with E-state index in [0.29, 0.717) is 0 Å². The van der Waals surface area contributed by atoms with Crippen molar-refractivity contribution in [3.8, 4) is 22.3 Å². The van der Waals surface area contributed by atoms with Gasteiger partial charge in [0.2, 0.25) is 0 Å². The molecule has 0 radical (unpaired) electrons. The van der Waals surface area contributed by atoms with Crippen LogP contribution in [0.2, 0.25) is 0 Å². The topological polar surface area (TPSA) is 0 Å². The van der Waals surface area contributed by atoms with Gasteiger partial charge in [0, 0.05) is 0 Å². The van der Waals surface area contributed by atoms with Crippen LogP contribution in [-0.2, 0) is 0 Å². The summed E-state index contributed by atoms with van der Waals surface area (Å²) in [6, 6.07) is 19.7. The minimum atomic E-state index is 0.171. The summed E-state index contributed by atoms with van der Waals surface area (Å²) in [6.45, 7) is 0. The van der Waals surface area contributed by atoms with Gasteiger partial charge >= 0.3 is 0 Å². The molecule has 0 amide bonds. The highest BCUT2D eigenvalue weighted by molar-refractivity contribution is 9.24. The lowest BCUT2D eigenvalue weighted by Gasteiger charge is -2.09. The summed E-state index contributed by atoms with van der Waals surface area (Å²) in [5.41, 5.74) is 9.27. The lowest BCUT2D eigenvalue weighted by Crippen LogP contribution is -2.25. The summed E-state index contributed by atoms with van der Waals surface area (Å²) in [5.74, 6) is 0. The summed E-state index contributed by atoms with van der Waals surface area (Å²) < 4.78 is 0.171. The molecule has 0 saturated heterocycles. The third kappa shape index (κ3) is 1.88. The summed E-state index contributed by atoms with van der Waals surface area (Å²) in [7, 11) is 0. The van der Waals surface area contributed by atoms with E-state index in [1.54, 1.807) is 0 Å². The molecule has 0 fully saturated rings. The van der Waals surface area contributed by atoms with Crippen molar-refractivity contribution < 1.29 is 0 Å². The van der Waals surface area contributed by atoms with Crippen molar-refractivity contribution in [2.75, 3.05) is 0 Å². The maximum atomic E-state index is 3.66. The number of hydrogen-bond donors (Lipinski definition) is 0. The average molecular weight is 424 g/mol. The molecule has 5 rings (SSSR count). The largest absolute Gasteiger partial charge is 0.0952 e. The molecule has 0 nitrogen and oxygen atoms in total. The Bertz CT molecular complexity index is 1090. The first-order valence-electron chi connectivity index (χ1n) is 7.61. The van der Waals surface area contributed by atoms with Crippen LogP contribution in [0.15, 0.2) is 54.6 Å². The van der Waals surface area contributed by atoms with Gasteiger partial charge in [0.1, 0.15) is 0 Å². The van der Waals surface area contributed by atoms with E-state index in [1.165, 1.54) is 49.4 Å². The molecule has 3 aromatic carbocycles. The van der Waals surface area contributed by atoms with Crippen molar-refractivity contribution in [3.05, 3.63) is 81.7 Å². The first kappa shape index (κ1) is 13.8. The van der Waals surface area contributed by atoms with Crippen molar-refractivity contribution in [1.82, 2.24) is 0 Å². The first-order chi connectivity index (χ1) is 11.2. The molecule has 0 atom stereocenters. The summed E-state index contributed by atoms with van der Waals surface area (Å²) in [5, 5.41) is 2.70. The van der Waals surface area contributed by atoms with Crippen LogP contribution in [-0.4, -0.2) is 0 Å². The smallest absolute Gasteiger partial charge is 0.0712 e. The van der Waals surface area contributed by atoms with Gasteiger partial charge < -0.3 is 0 Å². The normalized spacial score (nSPS) is 13.0. The Morgan fingerprint density at radius 3 is 2.13 bits per heavy atom. The number of benzene rings is 3. The third-order valence-electron chi connectivity index (χ3n) is 4.79. The standard InChI is InChI=1S/C21H12Br2/c22-21(23)17-7-3-6-14-16-9-8-15-13-5-2-1-4-12(13)10-18(15)20(16)11-19(14)17/h1-11,21H. The maximum Gasteiger partial charge on any atom is 0.0952 e. The van der Waals surface area contributed by atoms with Crippen molar-refractivity contribution in [3.63, 3.8) is 0 Å². The molecular weight excluding hydrogens is 412 g/mol. The molecule has 0 aromatic heterocycles. The highest BCUT2D eigenvalue weighted by Crippen LogP contribution is 2.38. The molecule has 2 aliphatic rings. The van der Waals surface area contributed by atoms with Crippen molar-refractivity contribution in [2.24, 2.45) is 0 Å². The van der Waals surface area contributed by atoms with E-state index in [1.807, 2.05) is 0 Å². The molecule has 2 heteroatoms. The molecule has 0 spiro atoms. The van der Waals surface area contributed by atoms with Gasteiger partial charge in [-0.25, -0.2) is 0 Å². The van der Waals surface area contributed by atoms with Crippen LogP contribution in [0, 0.1) is 0 Å². The van der Waals surface area contributed by atoms with Crippen LogP contribution in [0.5, 0.6) is 0 Å². The van der Waals surface area contributed by atoms with E-state index in [0.717, 1.165) is 0 Å². The SMILES string of the molecule is BrC(Br)c1cccc2c1C=c1c-2ccc2c1=Cc1ccccc1-2. The highest BCUT2D eigenvalue weighted by Gasteiger charge is 2.21. The molecule has 0 saturated carbocycles. The molecule has 0 bridgehead atoms. The average Bonchev–Trinajstić information content (AvgIpc) is 3.12. The van der Waals surface area contributed by atoms with Crippen LogP contribution in [0.25, 0.3) is 34.4 Å². The Labute approximate surface area is 151 Å². The zero-order valence-electron chi connectivity index (χ0n) is 12.2. The number of alkyl halides is 2. The Hall–Kier alpha value is -1.64. The van der Waals surface area contributed by atoms with E-state index in [9.17, 15) is 0 Å². The number of hydrogen-bond acceptors (Lipinski definition) is 0. The maximum absolute atomic E-state index is 3.66. The molecule has 0 aliphatic heterocycles. The van der Waals surface area contributed by atoms with E-state index >= 15 is 0 Å². The van der Waals surface area contributed by atoms with Crippen LogP contribution in [0.4, 0.5) is 0 Å². The second-order valence-corrected chi connectivity index (χ2v) is 9.03. The van der Waals surface area contributed by atoms with Crippen molar-refractivity contribution >= 4 is 44.0 Å². The molecule has 23 heavy (non-hydrogen) atoms. The molecule has 3 aromatic rings. The second-order valence-electron chi connectivity index (χ2n) is 5.97. The Morgan fingerprint density at radius 2 is 1.30 bits per heavy atom. The van der Waals surface area contributed by atoms with Crippen LogP contribution in [0.3, 0.4) is 0 Å². The van der Waals surface area contributed by atoms with E-state index in [4.69, 9.17) is 0 Å². The summed E-state index contributed by atoms with van der Waals surface area (Å²) in [6.07, 6.45) is 4.67. The van der Waals surface area contributed by atoms with Crippen molar-refractivity contribution in [1.29, 1.82) is 0 Å². The number of rotatable bonds is 1. The minimum Gasteiger partial charge on any atom is -0.0712 e. The third-order valence-corrected chi connectivity index (χ3v) is 5.78. The Balaban J connectivity index is 1.87. The fourth-order valence-electron chi connectivity index (χ4n) is 3.75. The molecule has 0 N–H and O–H groups in total. The zero-order chi connectivity index (χ0) is 15.6. The van der Waals surface area contributed by atoms with Gasteiger partial charge in [0.15, 0.2) is 0 Å². The van der Waals surface area contributed by atoms with Gasteiger partial charge in [0.05, 0.1) is 3.74 Å². The quantitative estimate of drug-likeness (QED) is 0.329. The van der Waals surface area contributed by atoms with Crippen molar-refractivity contribution in [2.45, 2.75) is 3.74 Å². The Kier molecular flexibility index (Phi) is 2.95. The highest BCUT2D eigenvalue weighted by atomic mass is 79.9. The molecule has 0 unspecified atom stereocenters. The number of halogens is 2. The van der Waals surface area contributed by atoms with Gasteiger partial charge in [-0.05, 0) is 61.5 Å². The van der Waals surface area contributed by atoms with E-state index in [-0.39, 0.29) is 3.74 Å². The van der Waals surface area contributed by atoms with Gasteiger partial charge in [0.25, 0.3) is 0 Å². The Morgan fingerprint density at radius 1 is 0.609 bits per heavy atom. The van der Waals surface area contributed by atoms with Crippen LogP contribution >= 0.6 is 31.9 Å². The number of fused-ring (bicyclic) bond motifs is 7. The molecule has 0 heterocycles. The van der Waals surface area contributed by atoms with E-state index in [2.05, 4.69) is 98.6 Å². The van der Waals surface area contributed by atoms with Gasteiger partial charge in [-0.3, -0.25) is 0 Å². The van der Waals surface area contributed by atoms with Gasteiger partial charge in [-0.2, -0.15) is 0 Å². The summed E-state index contributed by atoms with van der Waals surface area (Å²) in [4.78, 5) is 0. The monoisotopic (exact) mass is 422 g/mol. The molecule has 2 aliphatic carbocycles. The van der Waals surface area contributed by atoms with Crippen LogP contribution in [0.1, 0.15) is 20.4 Å². The predicted molar refractivity (Wildman–Crippen MR) is 104 cm³/mol. The molecule has 110 valence electrons. The lowest BCUT2D eigenvalue weighted by atomic mass is 9.99.